The van der Waals surface area contributed by atoms with Gasteiger partial charge in [0.25, 0.3) is 0 Å². The molecule has 0 radical (unpaired) electrons. The molecule has 2 heteroatoms. The Bertz CT molecular complexity index is 419. The van der Waals surface area contributed by atoms with Crippen molar-refractivity contribution >= 4 is 0 Å². The molecule has 19 heavy (non-hydrogen) atoms. The van der Waals surface area contributed by atoms with E-state index in [4.69, 9.17) is 4.74 Å². The lowest BCUT2D eigenvalue weighted by molar-refractivity contribution is -0.114. The number of hydrogen-bond acceptors (Lipinski definition) is 2. The number of nitrogens with one attached hydrogen (secondary N) is 1. The molecule has 106 valence electrons. The summed E-state index contributed by atoms with van der Waals surface area (Å²) in [5, 5.41) is 3.72. The van der Waals surface area contributed by atoms with Crippen molar-refractivity contribution in [1.29, 1.82) is 0 Å². The van der Waals surface area contributed by atoms with Crippen LogP contribution in [0.4, 0.5) is 0 Å². The molecule has 2 rings (SSSR count). The van der Waals surface area contributed by atoms with Gasteiger partial charge in [-0.3, -0.25) is 0 Å². The van der Waals surface area contributed by atoms with Gasteiger partial charge in [-0.05, 0) is 43.9 Å². The van der Waals surface area contributed by atoms with E-state index in [1.807, 2.05) is 0 Å². The fourth-order valence-corrected chi connectivity index (χ4v) is 3.07. The molecule has 2 unspecified atom stereocenters. The highest BCUT2D eigenvalue weighted by atomic mass is 16.5. The predicted molar refractivity (Wildman–Crippen MR) is 80.4 cm³/mol. The molecule has 1 N–H and O–H groups in total. The van der Waals surface area contributed by atoms with E-state index in [0.717, 1.165) is 19.6 Å². The molecule has 2 atom stereocenters. The molecule has 1 fully saturated rings. The van der Waals surface area contributed by atoms with E-state index >= 15 is 0 Å². The Balaban J connectivity index is 1.94. The first-order valence-corrected chi connectivity index (χ1v) is 7.37. The van der Waals surface area contributed by atoms with Gasteiger partial charge in [-0.1, -0.05) is 32.0 Å². The lowest BCUT2D eigenvalue weighted by atomic mass is 9.64. The fourth-order valence-electron chi connectivity index (χ4n) is 3.07. The van der Waals surface area contributed by atoms with Crippen molar-refractivity contribution in [3.05, 3.63) is 34.9 Å². The summed E-state index contributed by atoms with van der Waals surface area (Å²) in [5.74, 6) is 0. The van der Waals surface area contributed by atoms with E-state index in [1.54, 1.807) is 0 Å². The average molecular weight is 261 g/mol. The monoisotopic (exact) mass is 261 g/mol. The van der Waals surface area contributed by atoms with Gasteiger partial charge in [-0.25, -0.2) is 0 Å². The zero-order valence-electron chi connectivity index (χ0n) is 12.9. The van der Waals surface area contributed by atoms with E-state index in [-0.39, 0.29) is 5.41 Å². The summed E-state index contributed by atoms with van der Waals surface area (Å²) in [5.41, 5.74) is 4.45. The van der Waals surface area contributed by atoms with Crippen LogP contribution in [0.5, 0.6) is 0 Å². The van der Waals surface area contributed by atoms with Crippen molar-refractivity contribution in [3.8, 4) is 0 Å². The van der Waals surface area contributed by atoms with E-state index < -0.39 is 0 Å². The van der Waals surface area contributed by atoms with Gasteiger partial charge in [-0.15, -0.1) is 0 Å². The van der Waals surface area contributed by atoms with Gasteiger partial charge >= 0.3 is 0 Å². The van der Waals surface area contributed by atoms with Crippen LogP contribution in [-0.2, 0) is 11.3 Å². The summed E-state index contributed by atoms with van der Waals surface area (Å²) >= 11 is 0. The third-order valence-electron chi connectivity index (χ3n) is 4.72. The molecule has 1 aromatic carbocycles. The second-order valence-corrected chi connectivity index (χ2v) is 6.30. The topological polar surface area (TPSA) is 21.3 Å². The first kappa shape index (κ1) is 14.5. The van der Waals surface area contributed by atoms with Crippen LogP contribution in [0.25, 0.3) is 0 Å². The quantitative estimate of drug-likeness (QED) is 0.874. The van der Waals surface area contributed by atoms with Gasteiger partial charge in [0.15, 0.2) is 0 Å². The zero-order valence-corrected chi connectivity index (χ0v) is 12.9. The predicted octanol–water partition coefficient (Wildman–Crippen LogP) is 3.60. The number of hydrogen-bond donors (Lipinski definition) is 1. The van der Waals surface area contributed by atoms with Gasteiger partial charge in [0.05, 0.1) is 6.10 Å². The molecule has 0 aromatic heterocycles. The Morgan fingerprint density at radius 2 is 1.89 bits per heavy atom. The second-order valence-electron chi connectivity index (χ2n) is 6.30. The summed E-state index contributed by atoms with van der Waals surface area (Å²) in [6, 6.07) is 7.08. The Kier molecular flexibility index (Phi) is 4.32. The number of benzene rings is 1. The lowest BCUT2D eigenvalue weighted by Gasteiger charge is -2.52. The van der Waals surface area contributed by atoms with Crippen LogP contribution in [0, 0.1) is 19.3 Å². The van der Waals surface area contributed by atoms with Crippen LogP contribution < -0.4 is 5.32 Å². The van der Waals surface area contributed by atoms with E-state index in [1.165, 1.54) is 16.7 Å². The first-order valence-electron chi connectivity index (χ1n) is 7.37. The van der Waals surface area contributed by atoms with Crippen molar-refractivity contribution in [3.63, 3.8) is 0 Å². The average Bonchev–Trinajstić information content (AvgIpc) is 2.35. The van der Waals surface area contributed by atoms with Crippen LogP contribution in [0.2, 0.25) is 0 Å². The third kappa shape index (κ3) is 2.85. The van der Waals surface area contributed by atoms with Crippen LogP contribution in [0.1, 0.15) is 43.9 Å². The lowest BCUT2D eigenvalue weighted by Crippen LogP contribution is -2.60. The van der Waals surface area contributed by atoms with Gasteiger partial charge < -0.3 is 10.1 Å². The summed E-state index contributed by atoms with van der Waals surface area (Å²) < 4.78 is 5.78. The zero-order chi connectivity index (χ0) is 14.0. The fraction of sp³-hybridized carbons (Fsp3) is 0.647. The molecule has 1 aliphatic carbocycles. The molecule has 0 saturated heterocycles. The minimum Gasteiger partial charge on any atom is -0.378 e. The maximum absolute atomic E-state index is 5.78. The van der Waals surface area contributed by atoms with E-state index in [2.05, 4.69) is 58.1 Å². The maximum Gasteiger partial charge on any atom is 0.0655 e. The molecule has 1 saturated carbocycles. The summed E-state index contributed by atoms with van der Waals surface area (Å²) in [7, 11) is 0. The summed E-state index contributed by atoms with van der Waals surface area (Å²) in [6.45, 7) is 12.9. The highest BCUT2D eigenvalue weighted by molar-refractivity contribution is 5.33. The summed E-state index contributed by atoms with van der Waals surface area (Å²) in [6.07, 6.45) is 1.54. The number of rotatable bonds is 5. The summed E-state index contributed by atoms with van der Waals surface area (Å²) in [4.78, 5) is 0. The molecule has 2 nitrogen and oxygen atoms in total. The first-order chi connectivity index (χ1) is 8.96. The van der Waals surface area contributed by atoms with E-state index in [0.29, 0.717) is 12.1 Å². The molecule has 0 bridgehead atoms. The Morgan fingerprint density at radius 3 is 2.42 bits per heavy atom. The highest BCUT2D eigenvalue weighted by Gasteiger charge is 2.48. The van der Waals surface area contributed by atoms with E-state index in [9.17, 15) is 0 Å². The molecule has 0 aliphatic heterocycles. The number of ether oxygens (including phenoxy) is 1. The molecular formula is C17H27NO. The second kappa shape index (κ2) is 5.64. The van der Waals surface area contributed by atoms with Crippen LogP contribution >= 0.6 is 0 Å². The molecule has 0 heterocycles. The van der Waals surface area contributed by atoms with Gasteiger partial charge in [0.2, 0.25) is 0 Å². The molecule has 0 amide bonds. The maximum atomic E-state index is 5.78. The minimum atomic E-state index is 0.243. The SMILES string of the molecule is CCOC1CC(NCc2c(C)cccc2C)C1(C)C. The molecular weight excluding hydrogens is 234 g/mol. The van der Waals surface area contributed by atoms with Crippen LogP contribution in [0.3, 0.4) is 0 Å². The van der Waals surface area contributed by atoms with Crippen molar-refractivity contribution in [2.24, 2.45) is 5.41 Å². The van der Waals surface area contributed by atoms with Gasteiger partial charge in [-0.2, -0.15) is 0 Å². The van der Waals surface area contributed by atoms with Gasteiger partial charge in [0.1, 0.15) is 0 Å². The third-order valence-corrected chi connectivity index (χ3v) is 4.72. The Labute approximate surface area is 117 Å². The van der Waals surface area contributed by atoms with Crippen molar-refractivity contribution in [2.75, 3.05) is 6.61 Å². The number of aryl methyl sites for hydroxylation is 2. The minimum absolute atomic E-state index is 0.243. The van der Waals surface area contributed by atoms with Crippen molar-refractivity contribution < 1.29 is 4.74 Å². The standard InChI is InChI=1S/C17H27NO/c1-6-19-16-10-15(17(16,4)5)18-11-14-12(2)8-7-9-13(14)3/h7-9,15-16,18H,6,10-11H2,1-5H3. The molecule has 1 aromatic rings. The smallest absolute Gasteiger partial charge is 0.0655 e. The molecule has 1 aliphatic rings. The Morgan fingerprint density at radius 1 is 1.26 bits per heavy atom. The van der Waals surface area contributed by atoms with Crippen LogP contribution in [0.15, 0.2) is 18.2 Å². The normalized spacial score (nSPS) is 25.1. The van der Waals surface area contributed by atoms with Gasteiger partial charge in [0, 0.05) is 24.6 Å². The largest absolute Gasteiger partial charge is 0.378 e. The Hall–Kier alpha value is -0.860. The van der Waals surface area contributed by atoms with Crippen molar-refractivity contribution in [1.82, 2.24) is 5.32 Å². The van der Waals surface area contributed by atoms with Crippen molar-refractivity contribution in [2.45, 2.75) is 59.7 Å². The highest BCUT2D eigenvalue weighted by Crippen LogP contribution is 2.42. The van der Waals surface area contributed by atoms with Crippen LogP contribution in [-0.4, -0.2) is 18.8 Å². The molecule has 0 spiro atoms.